The summed E-state index contributed by atoms with van der Waals surface area (Å²) in [7, 11) is 0. The van der Waals surface area contributed by atoms with E-state index in [0.29, 0.717) is 13.1 Å². The van der Waals surface area contributed by atoms with Crippen LogP contribution >= 0.6 is 0 Å². The SMILES string of the molecule is CCN(CC)C(=O)CNCc1ccc(C(C)C(=O)O)cc1. The predicted octanol–water partition coefficient (Wildman–Crippen LogP) is 1.83. The topological polar surface area (TPSA) is 69.6 Å². The number of nitrogens with zero attached hydrogens (tertiary/aromatic N) is 1. The first-order chi connectivity index (χ1) is 9.99. The van der Waals surface area contributed by atoms with Crippen LogP contribution in [0.1, 0.15) is 37.8 Å². The van der Waals surface area contributed by atoms with Gasteiger partial charge in [0.25, 0.3) is 0 Å². The number of hydrogen-bond donors (Lipinski definition) is 2. The van der Waals surface area contributed by atoms with Gasteiger partial charge in [0.2, 0.25) is 5.91 Å². The molecule has 1 atom stereocenters. The van der Waals surface area contributed by atoms with Gasteiger partial charge < -0.3 is 15.3 Å². The third-order valence-electron chi connectivity index (χ3n) is 3.57. The fourth-order valence-corrected chi connectivity index (χ4v) is 2.07. The van der Waals surface area contributed by atoms with Gasteiger partial charge in [-0.1, -0.05) is 24.3 Å². The first kappa shape index (κ1) is 17.2. The molecule has 5 heteroatoms. The highest BCUT2D eigenvalue weighted by molar-refractivity contribution is 5.78. The fraction of sp³-hybridized carbons (Fsp3) is 0.500. The lowest BCUT2D eigenvalue weighted by Gasteiger charge is -2.18. The maximum atomic E-state index is 11.8. The molecule has 1 aromatic rings. The molecule has 0 heterocycles. The molecule has 0 saturated carbocycles. The second-order valence-corrected chi connectivity index (χ2v) is 4.97. The number of rotatable bonds is 8. The van der Waals surface area contributed by atoms with Crippen LogP contribution in [0.5, 0.6) is 0 Å². The summed E-state index contributed by atoms with van der Waals surface area (Å²) in [6.45, 7) is 7.94. The number of benzene rings is 1. The van der Waals surface area contributed by atoms with Gasteiger partial charge in [0, 0.05) is 19.6 Å². The Bertz CT molecular complexity index is 467. The van der Waals surface area contributed by atoms with Gasteiger partial charge in [-0.05, 0) is 31.9 Å². The Balaban J connectivity index is 2.46. The second-order valence-electron chi connectivity index (χ2n) is 4.97. The third-order valence-corrected chi connectivity index (χ3v) is 3.57. The van der Waals surface area contributed by atoms with E-state index in [-0.39, 0.29) is 5.91 Å². The lowest BCUT2D eigenvalue weighted by molar-refractivity contribution is -0.138. The first-order valence-electron chi connectivity index (χ1n) is 7.29. The van der Waals surface area contributed by atoms with E-state index >= 15 is 0 Å². The largest absolute Gasteiger partial charge is 0.481 e. The number of aliphatic carboxylic acids is 1. The van der Waals surface area contributed by atoms with Crippen LogP contribution in [0, 0.1) is 0 Å². The molecule has 0 fully saturated rings. The molecule has 0 spiro atoms. The average Bonchev–Trinajstić information content (AvgIpc) is 2.48. The van der Waals surface area contributed by atoms with Crippen LogP contribution in [0.25, 0.3) is 0 Å². The zero-order valence-corrected chi connectivity index (χ0v) is 12.9. The highest BCUT2D eigenvalue weighted by atomic mass is 16.4. The number of nitrogens with one attached hydrogen (secondary N) is 1. The monoisotopic (exact) mass is 292 g/mol. The van der Waals surface area contributed by atoms with Gasteiger partial charge in [-0.25, -0.2) is 0 Å². The van der Waals surface area contributed by atoms with Gasteiger partial charge >= 0.3 is 5.97 Å². The fourth-order valence-electron chi connectivity index (χ4n) is 2.07. The average molecular weight is 292 g/mol. The molecule has 1 rings (SSSR count). The minimum atomic E-state index is -0.828. The maximum absolute atomic E-state index is 11.8. The van der Waals surface area contributed by atoms with E-state index in [0.717, 1.165) is 24.2 Å². The smallest absolute Gasteiger partial charge is 0.310 e. The van der Waals surface area contributed by atoms with Crippen molar-refractivity contribution in [3.05, 3.63) is 35.4 Å². The Morgan fingerprint density at radius 2 is 1.76 bits per heavy atom. The molecule has 0 bridgehead atoms. The molecule has 116 valence electrons. The molecule has 5 nitrogen and oxygen atoms in total. The van der Waals surface area contributed by atoms with Gasteiger partial charge in [0.1, 0.15) is 0 Å². The van der Waals surface area contributed by atoms with Crippen molar-refractivity contribution >= 4 is 11.9 Å². The van der Waals surface area contributed by atoms with E-state index in [1.54, 1.807) is 11.8 Å². The van der Waals surface area contributed by atoms with Crippen molar-refractivity contribution in [3.63, 3.8) is 0 Å². The number of carboxylic acids is 1. The van der Waals surface area contributed by atoms with Crippen molar-refractivity contribution in [2.45, 2.75) is 33.2 Å². The molecule has 1 aromatic carbocycles. The van der Waals surface area contributed by atoms with Gasteiger partial charge in [-0.3, -0.25) is 9.59 Å². The molecule has 0 radical (unpaired) electrons. The Hall–Kier alpha value is -1.88. The molecular weight excluding hydrogens is 268 g/mol. The van der Waals surface area contributed by atoms with E-state index in [1.807, 2.05) is 38.1 Å². The lowest BCUT2D eigenvalue weighted by atomic mass is 10.0. The Kier molecular flexibility index (Phi) is 6.88. The number of amides is 1. The third kappa shape index (κ3) is 5.19. The number of carbonyl (C=O) groups excluding carboxylic acids is 1. The summed E-state index contributed by atoms with van der Waals surface area (Å²) in [5.41, 5.74) is 1.81. The number of hydrogen-bond acceptors (Lipinski definition) is 3. The summed E-state index contributed by atoms with van der Waals surface area (Å²) in [5.74, 6) is -1.24. The van der Waals surface area contributed by atoms with Crippen molar-refractivity contribution in [3.8, 4) is 0 Å². The summed E-state index contributed by atoms with van der Waals surface area (Å²) in [6.07, 6.45) is 0. The molecule has 0 aliphatic rings. The molecule has 1 unspecified atom stereocenters. The second kappa shape index (κ2) is 8.42. The molecule has 0 aromatic heterocycles. The van der Waals surface area contributed by atoms with Crippen LogP contribution in [0.15, 0.2) is 24.3 Å². The number of likely N-dealkylation sites (N-methyl/N-ethyl adjacent to an activating group) is 1. The Morgan fingerprint density at radius 1 is 1.19 bits per heavy atom. The summed E-state index contributed by atoms with van der Waals surface area (Å²) in [4.78, 5) is 24.5. The van der Waals surface area contributed by atoms with E-state index in [4.69, 9.17) is 5.11 Å². The van der Waals surface area contributed by atoms with Crippen LogP contribution in [0.2, 0.25) is 0 Å². The van der Waals surface area contributed by atoms with E-state index in [9.17, 15) is 9.59 Å². The maximum Gasteiger partial charge on any atom is 0.310 e. The standard InChI is InChI=1S/C16H24N2O3/c1-4-18(5-2)15(19)11-17-10-13-6-8-14(9-7-13)12(3)16(20)21/h6-9,12,17H,4-5,10-11H2,1-3H3,(H,20,21). The van der Waals surface area contributed by atoms with Crippen molar-refractivity contribution in [2.24, 2.45) is 0 Å². The highest BCUT2D eigenvalue weighted by Crippen LogP contribution is 2.15. The van der Waals surface area contributed by atoms with Gasteiger partial charge in [-0.15, -0.1) is 0 Å². The van der Waals surface area contributed by atoms with Gasteiger partial charge in [0.05, 0.1) is 12.5 Å². The predicted molar refractivity (Wildman–Crippen MR) is 82.1 cm³/mol. The summed E-state index contributed by atoms with van der Waals surface area (Å²) >= 11 is 0. The van der Waals surface area contributed by atoms with E-state index in [1.165, 1.54) is 0 Å². The zero-order valence-electron chi connectivity index (χ0n) is 12.9. The minimum Gasteiger partial charge on any atom is -0.481 e. The van der Waals surface area contributed by atoms with Crippen LogP contribution in [0.4, 0.5) is 0 Å². The molecule has 1 amide bonds. The molecular formula is C16H24N2O3. The van der Waals surface area contributed by atoms with Crippen LogP contribution < -0.4 is 5.32 Å². The zero-order chi connectivity index (χ0) is 15.8. The summed E-state index contributed by atoms with van der Waals surface area (Å²) < 4.78 is 0. The Labute approximate surface area is 126 Å². The van der Waals surface area contributed by atoms with Crippen molar-refractivity contribution in [2.75, 3.05) is 19.6 Å². The van der Waals surface area contributed by atoms with Crippen molar-refractivity contribution in [1.82, 2.24) is 10.2 Å². The molecule has 21 heavy (non-hydrogen) atoms. The first-order valence-corrected chi connectivity index (χ1v) is 7.29. The van der Waals surface area contributed by atoms with Gasteiger partial charge in [-0.2, -0.15) is 0 Å². The van der Waals surface area contributed by atoms with E-state index in [2.05, 4.69) is 5.32 Å². The highest BCUT2D eigenvalue weighted by Gasteiger charge is 2.13. The molecule has 0 aliphatic heterocycles. The van der Waals surface area contributed by atoms with Crippen LogP contribution in [0.3, 0.4) is 0 Å². The number of carboxylic acid groups (broad SMARTS) is 1. The summed E-state index contributed by atoms with van der Waals surface area (Å²) in [6, 6.07) is 7.43. The van der Waals surface area contributed by atoms with Crippen LogP contribution in [-0.4, -0.2) is 41.5 Å². The molecule has 0 saturated heterocycles. The van der Waals surface area contributed by atoms with Crippen molar-refractivity contribution in [1.29, 1.82) is 0 Å². The molecule has 0 aliphatic carbocycles. The van der Waals surface area contributed by atoms with Crippen molar-refractivity contribution < 1.29 is 14.7 Å². The lowest BCUT2D eigenvalue weighted by Crippen LogP contribution is -2.37. The van der Waals surface area contributed by atoms with E-state index < -0.39 is 11.9 Å². The normalized spacial score (nSPS) is 12.0. The minimum absolute atomic E-state index is 0.0936. The van der Waals surface area contributed by atoms with Gasteiger partial charge in [0.15, 0.2) is 0 Å². The quantitative estimate of drug-likeness (QED) is 0.767. The Morgan fingerprint density at radius 3 is 2.24 bits per heavy atom. The summed E-state index contributed by atoms with van der Waals surface area (Å²) in [5, 5.41) is 12.1. The van der Waals surface area contributed by atoms with Crippen LogP contribution in [-0.2, 0) is 16.1 Å². The number of carbonyl (C=O) groups is 2. The molecule has 2 N–H and O–H groups in total.